The summed E-state index contributed by atoms with van der Waals surface area (Å²) in [6.45, 7) is 0.143. The molecule has 0 radical (unpaired) electrons. The van der Waals surface area contributed by atoms with Crippen LogP contribution in [0.4, 0.5) is 5.69 Å². The Labute approximate surface area is 171 Å². The van der Waals surface area contributed by atoms with Gasteiger partial charge in [-0.05, 0) is 36.4 Å². The molecular formula is C22H18BrN3O2. The Morgan fingerprint density at radius 2 is 1.75 bits per heavy atom. The number of hydrogen-bond acceptors (Lipinski definition) is 3. The second-order valence-electron chi connectivity index (χ2n) is 6.27. The fourth-order valence-corrected chi connectivity index (χ4v) is 3.40. The number of methoxy groups -OCH3 is 1. The van der Waals surface area contributed by atoms with Gasteiger partial charge >= 0.3 is 0 Å². The zero-order chi connectivity index (χ0) is 19.5. The molecule has 0 aliphatic carbocycles. The van der Waals surface area contributed by atoms with E-state index in [0.717, 1.165) is 26.9 Å². The fourth-order valence-electron chi connectivity index (χ4n) is 3.14. The van der Waals surface area contributed by atoms with Gasteiger partial charge in [0, 0.05) is 10.0 Å². The van der Waals surface area contributed by atoms with Gasteiger partial charge in [0.1, 0.15) is 18.1 Å². The van der Waals surface area contributed by atoms with Crippen molar-refractivity contribution in [3.63, 3.8) is 0 Å². The van der Waals surface area contributed by atoms with Crippen LogP contribution in [0, 0.1) is 0 Å². The van der Waals surface area contributed by atoms with Crippen LogP contribution in [0.25, 0.3) is 22.4 Å². The van der Waals surface area contributed by atoms with E-state index < -0.39 is 0 Å². The lowest BCUT2D eigenvalue weighted by Gasteiger charge is -2.12. The lowest BCUT2D eigenvalue weighted by atomic mass is 10.2. The Morgan fingerprint density at radius 3 is 2.54 bits per heavy atom. The number of para-hydroxylation sites is 4. The van der Waals surface area contributed by atoms with Crippen LogP contribution in [0.5, 0.6) is 5.75 Å². The molecule has 0 aliphatic rings. The van der Waals surface area contributed by atoms with Crippen molar-refractivity contribution in [2.45, 2.75) is 6.54 Å². The fraction of sp³-hybridized carbons (Fsp3) is 0.0909. The summed E-state index contributed by atoms with van der Waals surface area (Å²) in [7, 11) is 1.58. The summed E-state index contributed by atoms with van der Waals surface area (Å²) >= 11 is 3.46. The maximum absolute atomic E-state index is 12.8. The number of hydrogen-bond donors (Lipinski definition) is 1. The van der Waals surface area contributed by atoms with E-state index in [2.05, 4.69) is 21.2 Å². The van der Waals surface area contributed by atoms with Gasteiger partial charge in [0.2, 0.25) is 5.91 Å². The van der Waals surface area contributed by atoms with E-state index in [9.17, 15) is 4.79 Å². The van der Waals surface area contributed by atoms with Gasteiger partial charge in [-0.1, -0.05) is 52.3 Å². The average Bonchev–Trinajstić information content (AvgIpc) is 3.07. The summed E-state index contributed by atoms with van der Waals surface area (Å²) in [5.74, 6) is 1.23. The molecule has 0 fully saturated rings. The van der Waals surface area contributed by atoms with Crippen LogP contribution in [0.15, 0.2) is 77.3 Å². The van der Waals surface area contributed by atoms with Crippen LogP contribution in [0.2, 0.25) is 0 Å². The molecule has 1 aromatic heterocycles. The van der Waals surface area contributed by atoms with E-state index in [1.165, 1.54) is 0 Å². The number of imidazole rings is 1. The molecule has 0 unspecified atom stereocenters. The Kier molecular flexibility index (Phi) is 5.12. The van der Waals surface area contributed by atoms with Crippen LogP contribution >= 0.6 is 15.9 Å². The van der Waals surface area contributed by atoms with Crippen LogP contribution in [0.1, 0.15) is 0 Å². The van der Waals surface area contributed by atoms with Crippen molar-refractivity contribution in [1.82, 2.24) is 9.55 Å². The number of fused-ring (bicyclic) bond motifs is 1. The maximum atomic E-state index is 12.8. The van der Waals surface area contributed by atoms with Crippen molar-refractivity contribution >= 4 is 38.6 Å². The van der Waals surface area contributed by atoms with E-state index in [0.29, 0.717) is 11.4 Å². The second kappa shape index (κ2) is 7.86. The van der Waals surface area contributed by atoms with Gasteiger partial charge in [0.05, 0.1) is 23.8 Å². The smallest absolute Gasteiger partial charge is 0.244 e. The predicted molar refractivity (Wildman–Crippen MR) is 114 cm³/mol. The number of aromatic nitrogens is 2. The summed E-state index contributed by atoms with van der Waals surface area (Å²) in [6.07, 6.45) is 0. The largest absolute Gasteiger partial charge is 0.495 e. The van der Waals surface area contributed by atoms with Crippen LogP contribution < -0.4 is 10.1 Å². The number of amides is 1. The predicted octanol–water partition coefficient (Wildman–Crippen LogP) is 5.11. The van der Waals surface area contributed by atoms with Crippen molar-refractivity contribution in [3.8, 4) is 17.1 Å². The Hall–Kier alpha value is -3.12. The van der Waals surface area contributed by atoms with Gasteiger partial charge in [0.15, 0.2) is 0 Å². The number of benzene rings is 3. The molecule has 5 nitrogen and oxygen atoms in total. The minimum atomic E-state index is -0.147. The Bertz CT molecular complexity index is 1140. The minimum Gasteiger partial charge on any atom is -0.495 e. The van der Waals surface area contributed by atoms with Crippen molar-refractivity contribution in [3.05, 3.63) is 77.3 Å². The lowest BCUT2D eigenvalue weighted by Crippen LogP contribution is -2.19. The highest BCUT2D eigenvalue weighted by Gasteiger charge is 2.16. The summed E-state index contributed by atoms with van der Waals surface area (Å²) in [5, 5.41) is 2.93. The standard InChI is InChI=1S/C22H18BrN3O2/c1-28-20-9-5-3-7-18(20)24-21(27)14-26-19-8-4-2-6-17(19)25-22(26)15-10-12-16(23)13-11-15/h2-13H,14H2,1H3,(H,24,27). The van der Waals surface area contributed by atoms with Crippen molar-refractivity contribution in [2.75, 3.05) is 12.4 Å². The first-order valence-corrected chi connectivity index (χ1v) is 9.59. The summed E-state index contributed by atoms with van der Waals surface area (Å²) in [4.78, 5) is 17.6. The van der Waals surface area contributed by atoms with Gasteiger partial charge < -0.3 is 14.6 Å². The Morgan fingerprint density at radius 1 is 1.04 bits per heavy atom. The summed E-state index contributed by atoms with van der Waals surface area (Å²) in [6, 6.07) is 23.1. The molecule has 0 aliphatic heterocycles. The maximum Gasteiger partial charge on any atom is 0.244 e. The molecule has 4 rings (SSSR count). The normalized spacial score (nSPS) is 10.8. The highest BCUT2D eigenvalue weighted by Crippen LogP contribution is 2.27. The summed E-state index contributed by atoms with van der Waals surface area (Å²) < 4.78 is 8.24. The molecule has 0 saturated heterocycles. The SMILES string of the molecule is COc1ccccc1NC(=O)Cn1c(-c2ccc(Br)cc2)nc2ccccc21. The zero-order valence-electron chi connectivity index (χ0n) is 15.2. The molecule has 1 heterocycles. The average molecular weight is 436 g/mol. The molecule has 0 atom stereocenters. The molecular weight excluding hydrogens is 418 g/mol. The molecule has 28 heavy (non-hydrogen) atoms. The van der Waals surface area contributed by atoms with Crippen LogP contribution in [-0.4, -0.2) is 22.6 Å². The molecule has 0 spiro atoms. The molecule has 3 aromatic carbocycles. The van der Waals surface area contributed by atoms with Crippen molar-refractivity contribution in [2.24, 2.45) is 0 Å². The third-order valence-corrected chi connectivity index (χ3v) is 4.97. The third-order valence-electron chi connectivity index (χ3n) is 4.44. The van der Waals surface area contributed by atoms with Crippen molar-refractivity contribution in [1.29, 1.82) is 0 Å². The van der Waals surface area contributed by atoms with Gasteiger partial charge in [-0.3, -0.25) is 4.79 Å². The monoisotopic (exact) mass is 435 g/mol. The number of carbonyl (C=O) groups excluding carboxylic acids is 1. The van der Waals surface area contributed by atoms with Gasteiger partial charge in [0.25, 0.3) is 0 Å². The second-order valence-corrected chi connectivity index (χ2v) is 7.18. The number of ether oxygens (including phenoxy) is 1. The number of nitrogens with zero attached hydrogens (tertiary/aromatic N) is 2. The van der Waals surface area contributed by atoms with E-state index in [1.807, 2.05) is 77.4 Å². The number of halogens is 1. The first-order valence-electron chi connectivity index (χ1n) is 8.80. The molecule has 1 amide bonds. The van der Waals surface area contributed by atoms with Gasteiger partial charge in [-0.2, -0.15) is 0 Å². The Balaban J connectivity index is 1.70. The third kappa shape index (κ3) is 3.64. The van der Waals surface area contributed by atoms with Gasteiger partial charge in [-0.15, -0.1) is 0 Å². The first kappa shape index (κ1) is 18.3. The van der Waals surface area contributed by atoms with E-state index in [-0.39, 0.29) is 12.5 Å². The quantitative estimate of drug-likeness (QED) is 0.473. The number of anilines is 1. The highest BCUT2D eigenvalue weighted by molar-refractivity contribution is 9.10. The molecule has 4 aromatic rings. The molecule has 0 saturated carbocycles. The van der Waals surface area contributed by atoms with Crippen LogP contribution in [0.3, 0.4) is 0 Å². The van der Waals surface area contributed by atoms with Crippen LogP contribution in [-0.2, 0) is 11.3 Å². The van der Waals surface area contributed by atoms with E-state index in [4.69, 9.17) is 9.72 Å². The topological polar surface area (TPSA) is 56.1 Å². The highest BCUT2D eigenvalue weighted by atomic mass is 79.9. The molecule has 140 valence electrons. The molecule has 0 bridgehead atoms. The number of carbonyl (C=O) groups is 1. The lowest BCUT2D eigenvalue weighted by molar-refractivity contribution is -0.116. The minimum absolute atomic E-state index is 0.143. The van der Waals surface area contributed by atoms with Gasteiger partial charge in [-0.25, -0.2) is 4.98 Å². The number of rotatable bonds is 5. The molecule has 1 N–H and O–H groups in total. The molecule has 6 heteroatoms. The van der Waals surface area contributed by atoms with E-state index >= 15 is 0 Å². The zero-order valence-corrected chi connectivity index (χ0v) is 16.8. The first-order chi connectivity index (χ1) is 13.7. The van der Waals surface area contributed by atoms with Crippen molar-refractivity contribution < 1.29 is 9.53 Å². The number of nitrogens with one attached hydrogen (secondary N) is 1. The summed E-state index contributed by atoms with van der Waals surface area (Å²) in [5.41, 5.74) is 3.36. The van der Waals surface area contributed by atoms with E-state index in [1.54, 1.807) is 7.11 Å².